The zero-order valence-corrected chi connectivity index (χ0v) is 25.3. The van der Waals surface area contributed by atoms with E-state index in [1.165, 1.54) is 42.7 Å². The van der Waals surface area contributed by atoms with Gasteiger partial charge in [0.25, 0.3) is 5.91 Å². The van der Waals surface area contributed by atoms with Crippen molar-refractivity contribution in [2.45, 2.75) is 0 Å². The molecule has 6 rings (SSSR count). The van der Waals surface area contributed by atoms with Gasteiger partial charge in [0.1, 0.15) is 22.9 Å². The summed E-state index contributed by atoms with van der Waals surface area (Å²) in [6.07, 6.45) is 2.86. The SMILES string of the molecule is CNC(=O)c1c(-c2ccc(F)cc2)oc2cc(N(C)S(C)(=O)=O)c(-c3ccc(OC)c(-c4cc5ncccc5s4)c3)cc12. The molecular formula is C32H26FN3O5S2. The molecule has 43 heavy (non-hydrogen) atoms. The summed E-state index contributed by atoms with van der Waals surface area (Å²) >= 11 is 1.57. The molecule has 3 aromatic carbocycles. The molecule has 0 saturated carbocycles. The second-order valence-electron chi connectivity index (χ2n) is 9.90. The first-order valence-corrected chi connectivity index (χ1v) is 15.8. The first-order valence-electron chi connectivity index (χ1n) is 13.1. The molecule has 218 valence electrons. The van der Waals surface area contributed by atoms with E-state index in [1.807, 2.05) is 36.4 Å². The number of anilines is 1. The summed E-state index contributed by atoms with van der Waals surface area (Å²) in [7, 11) is 0.881. The Morgan fingerprint density at radius 2 is 1.77 bits per heavy atom. The fourth-order valence-electron chi connectivity index (χ4n) is 5.03. The van der Waals surface area contributed by atoms with Crippen LogP contribution in [0.4, 0.5) is 10.1 Å². The maximum Gasteiger partial charge on any atom is 0.255 e. The van der Waals surface area contributed by atoms with Gasteiger partial charge in [-0.3, -0.25) is 14.1 Å². The fourth-order valence-corrected chi connectivity index (χ4v) is 6.58. The Kier molecular flexibility index (Phi) is 7.15. The molecule has 6 aromatic rings. The normalized spacial score (nSPS) is 11.7. The lowest BCUT2D eigenvalue weighted by atomic mass is 9.96. The topological polar surface area (TPSA) is 102 Å². The number of hydrogen-bond donors (Lipinski definition) is 1. The lowest BCUT2D eigenvalue weighted by Gasteiger charge is -2.21. The number of carbonyl (C=O) groups excluding carboxylic acids is 1. The highest BCUT2D eigenvalue weighted by Gasteiger charge is 2.26. The van der Waals surface area contributed by atoms with Crippen LogP contribution in [-0.4, -0.2) is 46.8 Å². The number of fused-ring (bicyclic) bond motifs is 2. The van der Waals surface area contributed by atoms with E-state index >= 15 is 0 Å². The molecule has 0 atom stereocenters. The van der Waals surface area contributed by atoms with Crippen molar-refractivity contribution in [2.75, 3.05) is 31.8 Å². The van der Waals surface area contributed by atoms with Gasteiger partial charge in [0.2, 0.25) is 10.0 Å². The van der Waals surface area contributed by atoms with Crippen LogP contribution in [0.1, 0.15) is 10.4 Å². The van der Waals surface area contributed by atoms with Crippen LogP contribution in [-0.2, 0) is 10.0 Å². The molecule has 0 fully saturated rings. The van der Waals surface area contributed by atoms with Crippen molar-refractivity contribution < 1.29 is 26.8 Å². The lowest BCUT2D eigenvalue weighted by molar-refractivity contribution is 0.0964. The Morgan fingerprint density at radius 3 is 2.44 bits per heavy atom. The molecule has 0 saturated heterocycles. The Morgan fingerprint density at radius 1 is 1.02 bits per heavy atom. The average molecular weight is 616 g/mol. The summed E-state index contributed by atoms with van der Waals surface area (Å²) in [6.45, 7) is 0. The predicted octanol–water partition coefficient (Wildman–Crippen LogP) is 6.95. The van der Waals surface area contributed by atoms with Gasteiger partial charge < -0.3 is 14.5 Å². The number of ether oxygens (including phenoxy) is 1. The number of hydrogen-bond acceptors (Lipinski definition) is 7. The highest BCUT2D eigenvalue weighted by molar-refractivity contribution is 7.92. The number of halogens is 1. The standard InChI is InChI=1S/C32H26FN3O5S2/c1-34-32(37)30-23-15-21(19-9-12-26(40-3)22(14-19)29-16-24-28(42-29)6-5-13-35-24)25(36(2)43(4,38)39)17-27(23)41-31(30)18-7-10-20(33)11-8-18/h5-17H,1-4H3,(H,34,37). The van der Waals surface area contributed by atoms with Crippen LogP contribution in [0.15, 0.2) is 83.4 Å². The molecule has 0 aliphatic heterocycles. The number of thiophene rings is 1. The number of rotatable bonds is 7. The van der Waals surface area contributed by atoms with Crippen molar-refractivity contribution in [3.63, 3.8) is 0 Å². The summed E-state index contributed by atoms with van der Waals surface area (Å²) in [4.78, 5) is 18.6. The van der Waals surface area contributed by atoms with Crippen molar-refractivity contribution in [2.24, 2.45) is 0 Å². The molecule has 1 amide bonds. The molecule has 0 aliphatic carbocycles. The minimum atomic E-state index is -3.69. The Balaban J connectivity index is 1.64. The molecule has 0 bridgehead atoms. The van der Waals surface area contributed by atoms with Crippen molar-refractivity contribution in [1.29, 1.82) is 0 Å². The van der Waals surface area contributed by atoms with Crippen molar-refractivity contribution in [3.05, 3.63) is 90.4 Å². The maximum absolute atomic E-state index is 13.7. The molecule has 8 nitrogen and oxygen atoms in total. The maximum atomic E-state index is 13.7. The molecule has 0 radical (unpaired) electrons. The summed E-state index contributed by atoms with van der Waals surface area (Å²) in [5.41, 5.74) is 4.33. The number of carbonyl (C=O) groups is 1. The van der Waals surface area contributed by atoms with Crippen LogP contribution >= 0.6 is 11.3 Å². The lowest BCUT2D eigenvalue weighted by Crippen LogP contribution is -2.25. The van der Waals surface area contributed by atoms with E-state index in [0.29, 0.717) is 39.1 Å². The minimum absolute atomic E-state index is 0.243. The van der Waals surface area contributed by atoms with E-state index in [2.05, 4.69) is 10.3 Å². The quantitative estimate of drug-likeness (QED) is 0.209. The number of furan rings is 1. The Bertz CT molecular complexity index is 2100. The number of pyridine rings is 1. The summed E-state index contributed by atoms with van der Waals surface area (Å²) < 4.78 is 53.4. The number of nitrogens with zero attached hydrogens (tertiary/aromatic N) is 2. The molecule has 3 aromatic heterocycles. The highest BCUT2D eigenvalue weighted by Crippen LogP contribution is 2.44. The first-order chi connectivity index (χ1) is 20.6. The zero-order chi connectivity index (χ0) is 30.5. The van der Waals surface area contributed by atoms with Crippen molar-refractivity contribution in [1.82, 2.24) is 10.3 Å². The number of aromatic nitrogens is 1. The van der Waals surface area contributed by atoms with E-state index in [9.17, 15) is 17.6 Å². The van der Waals surface area contributed by atoms with Gasteiger partial charge in [-0.05, 0) is 66.2 Å². The van der Waals surface area contributed by atoms with Gasteiger partial charge in [-0.15, -0.1) is 11.3 Å². The predicted molar refractivity (Wildman–Crippen MR) is 169 cm³/mol. The van der Waals surface area contributed by atoms with Crippen LogP contribution in [0.3, 0.4) is 0 Å². The second kappa shape index (κ2) is 10.8. The number of benzene rings is 3. The Hall–Kier alpha value is -4.74. The van der Waals surface area contributed by atoms with Crippen LogP contribution in [0.25, 0.3) is 54.1 Å². The van der Waals surface area contributed by atoms with Crippen molar-refractivity contribution in [3.8, 4) is 38.6 Å². The zero-order valence-electron chi connectivity index (χ0n) is 23.6. The van der Waals surface area contributed by atoms with Crippen LogP contribution in [0.2, 0.25) is 0 Å². The monoisotopic (exact) mass is 615 g/mol. The number of amides is 1. The van der Waals surface area contributed by atoms with Gasteiger partial charge in [-0.2, -0.15) is 0 Å². The van der Waals surface area contributed by atoms with E-state index in [-0.39, 0.29) is 11.3 Å². The third-order valence-corrected chi connectivity index (χ3v) is 9.58. The van der Waals surface area contributed by atoms with Gasteiger partial charge in [-0.25, -0.2) is 12.8 Å². The van der Waals surface area contributed by atoms with E-state index in [1.54, 1.807) is 36.8 Å². The highest BCUT2D eigenvalue weighted by atomic mass is 32.2. The molecule has 11 heteroatoms. The second-order valence-corrected chi connectivity index (χ2v) is 13.0. The summed E-state index contributed by atoms with van der Waals surface area (Å²) in [5, 5.41) is 3.13. The molecular weight excluding hydrogens is 590 g/mol. The smallest absolute Gasteiger partial charge is 0.255 e. The van der Waals surface area contributed by atoms with E-state index in [0.717, 1.165) is 26.9 Å². The Labute approximate surface area is 251 Å². The third-order valence-electron chi connectivity index (χ3n) is 7.27. The largest absolute Gasteiger partial charge is 0.496 e. The van der Waals surface area contributed by atoms with E-state index in [4.69, 9.17) is 9.15 Å². The molecule has 1 N–H and O–H groups in total. The number of nitrogens with one attached hydrogen (secondary N) is 1. The van der Waals surface area contributed by atoms with Gasteiger partial charge in [-0.1, -0.05) is 6.07 Å². The third kappa shape index (κ3) is 5.10. The molecule has 0 aliphatic rings. The number of methoxy groups -OCH3 is 1. The fraction of sp³-hybridized carbons (Fsp3) is 0.125. The van der Waals surface area contributed by atoms with Gasteiger partial charge in [0.05, 0.1) is 34.8 Å². The van der Waals surface area contributed by atoms with Crippen molar-refractivity contribution >= 4 is 54.1 Å². The summed E-state index contributed by atoms with van der Waals surface area (Å²) in [6, 6.07) is 20.5. The van der Waals surface area contributed by atoms with Crippen LogP contribution < -0.4 is 14.4 Å². The van der Waals surface area contributed by atoms with E-state index < -0.39 is 21.7 Å². The summed E-state index contributed by atoms with van der Waals surface area (Å²) in [5.74, 6) is 0.0573. The molecule has 0 unspecified atom stereocenters. The van der Waals surface area contributed by atoms with Crippen LogP contribution in [0.5, 0.6) is 5.75 Å². The molecule has 3 heterocycles. The average Bonchev–Trinajstić information content (AvgIpc) is 3.61. The van der Waals surface area contributed by atoms with Crippen LogP contribution in [0, 0.1) is 5.82 Å². The van der Waals surface area contributed by atoms with Gasteiger partial charge >= 0.3 is 0 Å². The van der Waals surface area contributed by atoms with Gasteiger partial charge in [0.15, 0.2) is 0 Å². The minimum Gasteiger partial charge on any atom is -0.496 e. The van der Waals surface area contributed by atoms with Gasteiger partial charge in [0, 0.05) is 53.3 Å². The molecule has 0 spiro atoms. The number of sulfonamides is 1. The first kappa shape index (κ1) is 28.4.